The molecule has 110 valence electrons. The van der Waals surface area contributed by atoms with Crippen LogP contribution >= 0.6 is 0 Å². The minimum Gasteiger partial charge on any atom is -0.507 e. The third kappa shape index (κ3) is 2.84. The van der Waals surface area contributed by atoms with Crippen LogP contribution in [0.25, 0.3) is 0 Å². The molecular formula is C13H12N2O6. The number of carbonyl (C=O) groups is 3. The van der Waals surface area contributed by atoms with Gasteiger partial charge in [-0.2, -0.15) is 0 Å². The molecule has 1 aliphatic heterocycles. The smallest absolute Gasteiger partial charge is 0.339 e. The molecule has 1 heterocycles. The van der Waals surface area contributed by atoms with Crippen LogP contribution in [0.1, 0.15) is 10.4 Å². The van der Waals surface area contributed by atoms with Crippen LogP contribution in [0.2, 0.25) is 0 Å². The Labute approximate surface area is 118 Å². The summed E-state index contributed by atoms with van der Waals surface area (Å²) in [6.07, 6.45) is 1.07. The molecule has 0 radical (unpaired) electrons. The molecule has 1 aromatic carbocycles. The van der Waals surface area contributed by atoms with Crippen LogP contribution in [-0.2, 0) is 9.59 Å². The van der Waals surface area contributed by atoms with E-state index in [0.717, 1.165) is 17.0 Å². The molecule has 0 saturated heterocycles. The number of nitrogens with one attached hydrogen (secondary N) is 1. The predicted octanol–water partition coefficient (Wildman–Crippen LogP) is -0.253. The Morgan fingerprint density at radius 1 is 1.29 bits per heavy atom. The molecule has 0 atom stereocenters. The summed E-state index contributed by atoms with van der Waals surface area (Å²) in [5.74, 6) is -2.89. The number of carboxylic acid groups (broad SMARTS) is 1. The zero-order valence-electron chi connectivity index (χ0n) is 10.7. The van der Waals surface area contributed by atoms with Gasteiger partial charge in [-0.05, 0) is 12.1 Å². The highest BCUT2D eigenvalue weighted by molar-refractivity contribution is 6.17. The molecule has 0 spiro atoms. The van der Waals surface area contributed by atoms with E-state index in [1.54, 1.807) is 0 Å². The number of amides is 2. The molecule has 0 saturated carbocycles. The van der Waals surface area contributed by atoms with Crippen LogP contribution in [-0.4, -0.2) is 51.2 Å². The molecule has 0 aromatic heterocycles. The standard InChI is InChI=1S/C13H12N2O6/c16-4-3-15-11(18)6-9(12(15)19)14-7-1-2-8(13(20)21)10(17)5-7/h1-2,5-6,14,16-17H,3-4H2,(H,20,21). The van der Waals surface area contributed by atoms with Crippen molar-refractivity contribution < 1.29 is 29.7 Å². The van der Waals surface area contributed by atoms with Crippen LogP contribution in [0.3, 0.4) is 0 Å². The molecule has 8 nitrogen and oxygen atoms in total. The lowest BCUT2D eigenvalue weighted by Crippen LogP contribution is -2.34. The first kappa shape index (κ1) is 14.5. The molecule has 0 bridgehead atoms. The first-order valence-corrected chi connectivity index (χ1v) is 5.95. The van der Waals surface area contributed by atoms with Gasteiger partial charge in [0.05, 0.1) is 13.2 Å². The van der Waals surface area contributed by atoms with Gasteiger partial charge in [-0.3, -0.25) is 14.5 Å². The summed E-state index contributed by atoms with van der Waals surface area (Å²) in [4.78, 5) is 35.0. The average molecular weight is 292 g/mol. The number of carbonyl (C=O) groups excluding carboxylic acids is 2. The van der Waals surface area contributed by atoms with Gasteiger partial charge in [0.1, 0.15) is 17.0 Å². The number of β-amino-alcohol motifs (C(OH)–C–C–N with tert-alkyl or cyclic N) is 1. The van der Waals surface area contributed by atoms with E-state index in [1.165, 1.54) is 12.1 Å². The van der Waals surface area contributed by atoms with Crippen LogP contribution in [0, 0.1) is 0 Å². The van der Waals surface area contributed by atoms with Gasteiger partial charge in [-0.1, -0.05) is 0 Å². The van der Waals surface area contributed by atoms with Crippen molar-refractivity contribution in [3.05, 3.63) is 35.5 Å². The number of hydrogen-bond donors (Lipinski definition) is 4. The third-order valence-corrected chi connectivity index (χ3v) is 2.84. The van der Waals surface area contributed by atoms with E-state index >= 15 is 0 Å². The molecule has 1 aromatic rings. The number of aliphatic hydroxyl groups is 1. The molecule has 8 heteroatoms. The second-order valence-electron chi connectivity index (χ2n) is 4.24. The Kier molecular flexibility index (Phi) is 3.90. The topological polar surface area (TPSA) is 127 Å². The molecule has 2 amide bonds. The highest BCUT2D eigenvalue weighted by Gasteiger charge is 2.30. The largest absolute Gasteiger partial charge is 0.507 e. The number of phenols is 1. The molecular weight excluding hydrogens is 280 g/mol. The van der Waals surface area contributed by atoms with Crippen molar-refractivity contribution in [3.8, 4) is 5.75 Å². The zero-order valence-corrected chi connectivity index (χ0v) is 10.7. The summed E-state index contributed by atoms with van der Waals surface area (Å²) in [5, 5.41) is 29.8. The van der Waals surface area contributed by atoms with Gasteiger partial charge < -0.3 is 20.6 Å². The first-order chi connectivity index (χ1) is 9.93. The van der Waals surface area contributed by atoms with Crippen molar-refractivity contribution >= 4 is 23.5 Å². The highest BCUT2D eigenvalue weighted by atomic mass is 16.4. The lowest BCUT2D eigenvalue weighted by molar-refractivity contribution is -0.137. The predicted molar refractivity (Wildman–Crippen MR) is 70.6 cm³/mol. The molecule has 2 rings (SSSR count). The van der Waals surface area contributed by atoms with Gasteiger partial charge in [0.25, 0.3) is 11.8 Å². The Morgan fingerprint density at radius 2 is 2.00 bits per heavy atom. The lowest BCUT2D eigenvalue weighted by atomic mass is 10.2. The molecule has 0 aliphatic carbocycles. The minimum atomic E-state index is -1.28. The number of hydrogen-bond acceptors (Lipinski definition) is 6. The number of anilines is 1. The number of benzene rings is 1. The second-order valence-corrected chi connectivity index (χ2v) is 4.24. The number of aromatic hydroxyl groups is 1. The summed E-state index contributed by atoms with van der Waals surface area (Å²) in [6.45, 7) is -0.449. The highest BCUT2D eigenvalue weighted by Crippen LogP contribution is 2.24. The second kappa shape index (κ2) is 5.63. The number of carboxylic acids is 1. The Hall–Kier alpha value is -2.87. The van der Waals surface area contributed by atoms with Crippen molar-refractivity contribution in [2.75, 3.05) is 18.5 Å². The average Bonchev–Trinajstić information content (AvgIpc) is 2.66. The normalized spacial score (nSPS) is 14.3. The van der Waals surface area contributed by atoms with Gasteiger partial charge in [0.15, 0.2) is 0 Å². The SMILES string of the molecule is O=C(O)c1ccc(NC2=CC(=O)N(CCO)C2=O)cc1O. The Balaban J connectivity index is 2.18. The van der Waals surface area contributed by atoms with Gasteiger partial charge >= 0.3 is 5.97 Å². The fraction of sp³-hybridized carbons (Fsp3) is 0.154. The molecule has 0 fully saturated rings. The van der Waals surface area contributed by atoms with Crippen molar-refractivity contribution in [2.24, 2.45) is 0 Å². The monoisotopic (exact) mass is 292 g/mol. The third-order valence-electron chi connectivity index (χ3n) is 2.84. The number of nitrogens with zero attached hydrogens (tertiary/aromatic N) is 1. The van der Waals surface area contributed by atoms with Crippen molar-refractivity contribution in [3.63, 3.8) is 0 Å². The summed E-state index contributed by atoms with van der Waals surface area (Å²) in [5.41, 5.74) is -0.0306. The van der Waals surface area contributed by atoms with Crippen LogP contribution in [0.5, 0.6) is 5.75 Å². The summed E-state index contributed by atoms with van der Waals surface area (Å²) in [7, 11) is 0. The number of imide groups is 1. The van der Waals surface area contributed by atoms with Gasteiger partial charge in [0, 0.05) is 17.8 Å². The summed E-state index contributed by atoms with van der Waals surface area (Å²) < 4.78 is 0. The first-order valence-electron chi connectivity index (χ1n) is 5.95. The Bertz CT molecular complexity index is 652. The van der Waals surface area contributed by atoms with Crippen molar-refractivity contribution in [2.45, 2.75) is 0 Å². The summed E-state index contributed by atoms with van der Waals surface area (Å²) >= 11 is 0. The van der Waals surface area contributed by atoms with E-state index in [-0.39, 0.29) is 30.1 Å². The summed E-state index contributed by atoms with van der Waals surface area (Å²) in [6, 6.07) is 3.67. The molecule has 4 N–H and O–H groups in total. The quantitative estimate of drug-likeness (QED) is 0.551. The number of rotatable bonds is 5. The van der Waals surface area contributed by atoms with E-state index in [1.807, 2.05) is 0 Å². The van der Waals surface area contributed by atoms with Crippen molar-refractivity contribution in [1.82, 2.24) is 4.90 Å². The fourth-order valence-corrected chi connectivity index (χ4v) is 1.86. The molecule has 21 heavy (non-hydrogen) atoms. The maximum absolute atomic E-state index is 11.9. The fourth-order valence-electron chi connectivity index (χ4n) is 1.86. The van der Waals surface area contributed by atoms with Crippen LogP contribution in [0.15, 0.2) is 30.0 Å². The molecule has 1 aliphatic rings. The van der Waals surface area contributed by atoms with E-state index in [4.69, 9.17) is 10.2 Å². The Morgan fingerprint density at radius 3 is 2.57 bits per heavy atom. The minimum absolute atomic E-state index is 0.0177. The number of aliphatic hydroxyl groups excluding tert-OH is 1. The van der Waals surface area contributed by atoms with Gasteiger partial charge in [-0.15, -0.1) is 0 Å². The van der Waals surface area contributed by atoms with Crippen LogP contribution < -0.4 is 5.32 Å². The van der Waals surface area contributed by atoms with Crippen LogP contribution in [0.4, 0.5) is 5.69 Å². The number of aromatic carboxylic acids is 1. The maximum Gasteiger partial charge on any atom is 0.339 e. The maximum atomic E-state index is 11.9. The van der Waals surface area contributed by atoms with Crippen molar-refractivity contribution in [1.29, 1.82) is 0 Å². The zero-order chi connectivity index (χ0) is 15.6. The lowest BCUT2D eigenvalue weighted by Gasteiger charge is -2.13. The van der Waals surface area contributed by atoms with Gasteiger partial charge in [0.2, 0.25) is 0 Å². The van der Waals surface area contributed by atoms with E-state index in [2.05, 4.69) is 5.32 Å². The molecule has 0 unspecified atom stereocenters. The van der Waals surface area contributed by atoms with E-state index in [0.29, 0.717) is 0 Å². The van der Waals surface area contributed by atoms with Gasteiger partial charge in [-0.25, -0.2) is 4.79 Å². The van der Waals surface area contributed by atoms with E-state index in [9.17, 15) is 19.5 Å². The van der Waals surface area contributed by atoms with E-state index < -0.39 is 23.5 Å².